The molecule has 0 saturated heterocycles. The molecule has 0 aliphatic carbocycles. The van der Waals surface area contributed by atoms with E-state index in [1.54, 1.807) is 33.8 Å². The first-order chi connectivity index (χ1) is 22.5. The van der Waals surface area contributed by atoms with Crippen molar-refractivity contribution >= 4 is 104 Å². The zero-order valence-corrected chi connectivity index (χ0v) is 36.4. The average Bonchev–Trinajstić information content (AvgIpc) is 3.89. The molecule has 0 aliphatic rings. The summed E-state index contributed by atoms with van der Waals surface area (Å²) in [4.78, 5) is 5.92. The zero-order valence-electron chi connectivity index (χ0n) is 27.6. The van der Waals surface area contributed by atoms with Crippen molar-refractivity contribution in [2.45, 2.75) is 117 Å². The summed E-state index contributed by atoms with van der Waals surface area (Å²) < 4.78 is 3.65. The maximum atomic E-state index is 3.55. The number of aryl methyl sites for hydroxylation is 3. The Bertz CT molecular complexity index is 1390. The second kappa shape index (κ2) is 24.2. The molecular formula is C38H49Br3S5. The van der Waals surface area contributed by atoms with Crippen LogP contribution in [0.25, 0.3) is 19.5 Å². The minimum atomic E-state index is 1.17. The predicted octanol–water partition coefficient (Wildman–Crippen LogP) is 17.4. The molecule has 0 aliphatic heterocycles. The number of thiophene rings is 5. The van der Waals surface area contributed by atoms with Gasteiger partial charge in [0.05, 0.1) is 11.4 Å². The Kier molecular flexibility index (Phi) is 21.2. The van der Waals surface area contributed by atoms with Crippen molar-refractivity contribution in [2.75, 3.05) is 0 Å². The standard InChI is InChI=1S/C24H32S3.C10H15BrS.C4H2Br2S/c1-3-5-7-9-11-19-15-17-25-23(19)21-13-14-22(27-21)24-20(16-18-26-24)12-10-8-6-4-2;1-2-3-4-5-6-9-7-8-12-10(9)11;5-3-1-2-4(6)7-3/h13-18H,3-12H2,1-2H3;7-8H,2-6H2,1H3;1-2H. The van der Waals surface area contributed by atoms with Crippen molar-refractivity contribution in [3.8, 4) is 19.5 Å². The van der Waals surface area contributed by atoms with Gasteiger partial charge in [0.1, 0.15) is 0 Å². The van der Waals surface area contributed by atoms with Gasteiger partial charge in [-0.1, -0.05) is 78.6 Å². The largest absolute Gasteiger partial charge is 0.143 e. The predicted molar refractivity (Wildman–Crippen MR) is 226 cm³/mol. The van der Waals surface area contributed by atoms with E-state index in [9.17, 15) is 0 Å². The van der Waals surface area contributed by atoms with Crippen molar-refractivity contribution in [1.29, 1.82) is 0 Å². The lowest BCUT2D eigenvalue weighted by Crippen LogP contribution is -1.85. The Morgan fingerprint density at radius 2 is 0.848 bits per heavy atom. The maximum absolute atomic E-state index is 3.55. The normalized spacial score (nSPS) is 10.8. The number of unbranched alkanes of at least 4 members (excludes halogenated alkanes) is 9. The molecule has 0 fully saturated rings. The molecule has 8 heteroatoms. The molecule has 5 heterocycles. The van der Waals surface area contributed by atoms with Crippen LogP contribution in [0.4, 0.5) is 0 Å². The Balaban J connectivity index is 0.000000247. The Morgan fingerprint density at radius 1 is 0.435 bits per heavy atom. The number of halogens is 3. The fourth-order valence-corrected chi connectivity index (χ4v) is 12.1. The molecule has 0 nitrogen and oxygen atoms in total. The second-order valence-corrected chi connectivity index (χ2v) is 20.4. The van der Waals surface area contributed by atoms with Gasteiger partial charge in [-0.25, -0.2) is 0 Å². The molecule has 0 unspecified atom stereocenters. The lowest BCUT2D eigenvalue weighted by Gasteiger charge is -2.03. The quantitative estimate of drug-likeness (QED) is 0.0816. The van der Waals surface area contributed by atoms with Gasteiger partial charge < -0.3 is 0 Å². The van der Waals surface area contributed by atoms with Crippen LogP contribution in [-0.4, -0.2) is 0 Å². The third kappa shape index (κ3) is 14.8. The van der Waals surface area contributed by atoms with E-state index < -0.39 is 0 Å². The summed E-state index contributed by atoms with van der Waals surface area (Å²) in [6, 6.07) is 15.6. The fraction of sp³-hybridized carbons (Fsp3) is 0.474. The van der Waals surface area contributed by atoms with Gasteiger partial charge in [0.2, 0.25) is 0 Å². The monoisotopic (exact) mass is 902 g/mol. The van der Waals surface area contributed by atoms with Crippen molar-refractivity contribution in [2.24, 2.45) is 0 Å². The summed E-state index contributed by atoms with van der Waals surface area (Å²) in [6.45, 7) is 6.82. The van der Waals surface area contributed by atoms with Gasteiger partial charge >= 0.3 is 0 Å². The van der Waals surface area contributed by atoms with Crippen molar-refractivity contribution < 1.29 is 0 Å². The Morgan fingerprint density at radius 3 is 1.22 bits per heavy atom. The first-order valence-corrected chi connectivity index (χ1v) is 23.5. The highest BCUT2D eigenvalue weighted by Crippen LogP contribution is 2.42. The van der Waals surface area contributed by atoms with Crippen molar-refractivity contribution in [1.82, 2.24) is 0 Å². The van der Waals surface area contributed by atoms with E-state index in [0.29, 0.717) is 0 Å². The number of hydrogen-bond acceptors (Lipinski definition) is 5. The van der Waals surface area contributed by atoms with E-state index in [4.69, 9.17) is 0 Å². The molecule has 0 aromatic carbocycles. The van der Waals surface area contributed by atoms with E-state index in [2.05, 4.69) is 115 Å². The van der Waals surface area contributed by atoms with Gasteiger partial charge in [-0.3, -0.25) is 0 Å². The molecule has 0 atom stereocenters. The summed E-state index contributed by atoms with van der Waals surface area (Å²) in [5.41, 5.74) is 4.59. The Hall–Kier alpha value is -0.0600. The second-order valence-electron chi connectivity index (χ2n) is 11.4. The maximum Gasteiger partial charge on any atom is 0.0730 e. The molecule has 0 spiro atoms. The first kappa shape index (κ1) is 40.4. The van der Waals surface area contributed by atoms with Gasteiger partial charge in [-0.15, -0.1) is 56.7 Å². The summed E-state index contributed by atoms with van der Waals surface area (Å²) in [6.07, 6.45) is 19.8. The van der Waals surface area contributed by atoms with Crippen molar-refractivity contribution in [3.63, 3.8) is 0 Å². The lowest BCUT2D eigenvalue weighted by molar-refractivity contribution is 0.667. The highest BCUT2D eigenvalue weighted by atomic mass is 79.9. The highest BCUT2D eigenvalue weighted by molar-refractivity contribution is 9.12. The summed E-state index contributed by atoms with van der Waals surface area (Å²) in [5.74, 6) is 0. The van der Waals surface area contributed by atoms with Gasteiger partial charge in [0.25, 0.3) is 0 Å². The van der Waals surface area contributed by atoms with Crippen LogP contribution in [0, 0.1) is 0 Å². The van der Waals surface area contributed by atoms with E-state index in [0.717, 1.165) is 0 Å². The van der Waals surface area contributed by atoms with Gasteiger partial charge in [-0.05, 0) is 162 Å². The average molecular weight is 906 g/mol. The van der Waals surface area contributed by atoms with Crippen LogP contribution >= 0.6 is 104 Å². The van der Waals surface area contributed by atoms with Crippen molar-refractivity contribution in [3.05, 3.63) is 86.7 Å². The Labute approximate surface area is 324 Å². The molecule has 5 aromatic rings. The van der Waals surface area contributed by atoms with Crippen LogP contribution in [0.3, 0.4) is 0 Å². The topological polar surface area (TPSA) is 0 Å². The molecule has 5 aromatic heterocycles. The molecule has 5 rings (SSSR count). The zero-order chi connectivity index (χ0) is 33.0. The minimum Gasteiger partial charge on any atom is -0.143 e. The molecule has 0 N–H and O–H groups in total. The van der Waals surface area contributed by atoms with Crippen LogP contribution in [0.5, 0.6) is 0 Å². The van der Waals surface area contributed by atoms with E-state index in [1.807, 2.05) is 46.1 Å². The highest BCUT2D eigenvalue weighted by Gasteiger charge is 2.13. The smallest absolute Gasteiger partial charge is 0.0730 e. The number of hydrogen-bond donors (Lipinski definition) is 0. The fourth-order valence-electron chi connectivity index (χ4n) is 5.10. The lowest BCUT2D eigenvalue weighted by atomic mass is 10.1. The molecule has 0 amide bonds. The van der Waals surface area contributed by atoms with Gasteiger partial charge in [0, 0.05) is 19.5 Å². The van der Waals surface area contributed by atoms with Crippen LogP contribution in [0.1, 0.15) is 115 Å². The molecule has 0 radical (unpaired) electrons. The van der Waals surface area contributed by atoms with Gasteiger partial charge in [0.15, 0.2) is 0 Å². The summed E-state index contributed by atoms with van der Waals surface area (Å²) >= 11 is 19.5. The van der Waals surface area contributed by atoms with E-state index in [-0.39, 0.29) is 0 Å². The molecular weight excluding hydrogens is 856 g/mol. The third-order valence-corrected chi connectivity index (χ3v) is 15.0. The SMILES string of the molecule is Brc1ccc(Br)s1.CCCCCCc1ccsc1-c1ccc(-c2sccc2CCCCCC)s1.CCCCCCc1ccsc1Br. The molecule has 252 valence electrons. The van der Waals surface area contributed by atoms with E-state index >= 15 is 0 Å². The van der Waals surface area contributed by atoms with Crippen LogP contribution in [-0.2, 0) is 19.3 Å². The van der Waals surface area contributed by atoms with E-state index in [1.165, 1.54) is 133 Å². The number of rotatable bonds is 17. The van der Waals surface area contributed by atoms with Crippen LogP contribution in [0.15, 0.2) is 70.0 Å². The first-order valence-electron chi connectivity index (χ1n) is 16.8. The minimum absolute atomic E-state index is 1.17. The molecule has 0 bridgehead atoms. The summed E-state index contributed by atoms with van der Waals surface area (Å²) in [5, 5.41) is 6.70. The molecule has 46 heavy (non-hydrogen) atoms. The van der Waals surface area contributed by atoms with Crippen LogP contribution < -0.4 is 0 Å². The van der Waals surface area contributed by atoms with Crippen LogP contribution in [0.2, 0.25) is 0 Å². The third-order valence-electron chi connectivity index (χ3n) is 7.68. The van der Waals surface area contributed by atoms with Gasteiger partial charge in [-0.2, -0.15) is 0 Å². The summed E-state index contributed by atoms with van der Waals surface area (Å²) in [7, 11) is 0. The molecule has 0 saturated carbocycles.